The zero-order valence-electron chi connectivity index (χ0n) is 12.4. The normalized spacial score (nSPS) is 10.4. The van der Waals surface area contributed by atoms with Gasteiger partial charge in [0.1, 0.15) is 6.61 Å². The highest BCUT2D eigenvalue weighted by molar-refractivity contribution is 5.37. The Kier molecular flexibility index (Phi) is 7.59. The van der Waals surface area contributed by atoms with E-state index < -0.39 is 0 Å². The largest absolute Gasteiger partial charge is 0.461 e. The van der Waals surface area contributed by atoms with Crippen LogP contribution in [0.5, 0.6) is 6.01 Å². The van der Waals surface area contributed by atoms with Crippen molar-refractivity contribution in [2.24, 2.45) is 5.84 Å². The summed E-state index contributed by atoms with van der Waals surface area (Å²) in [6, 6.07) is 0.245. The van der Waals surface area contributed by atoms with Crippen LogP contribution in [0.4, 0.5) is 11.9 Å². The molecular formula is C12H24N6O2. The van der Waals surface area contributed by atoms with Gasteiger partial charge in [-0.2, -0.15) is 15.0 Å². The fraction of sp³-hybridized carbons (Fsp3) is 0.750. The van der Waals surface area contributed by atoms with E-state index in [0.29, 0.717) is 19.2 Å². The van der Waals surface area contributed by atoms with Gasteiger partial charge in [0.2, 0.25) is 11.9 Å². The smallest absolute Gasteiger partial charge is 0.323 e. The van der Waals surface area contributed by atoms with Crippen molar-refractivity contribution in [1.29, 1.82) is 0 Å². The van der Waals surface area contributed by atoms with E-state index in [1.807, 2.05) is 18.7 Å². The number of nitrogen functional groups attached to an aromatic ring is 1. The standard InChI is InChI=1S/C12H24N6O2/c1-4-7-19-8-9-20-12-15-10(17-13)14-11(16-12)18(5-2)6-3/h4-9,13H2,1-3H3,(H,14,15,16,17). The maximum absolute atomic E-state index is 5.47. The van der Waals surface area contributed by atoms with Crippen LogP contribution < -0.4 is 20.9 Å². The van der Waals surface area contributed by atoms with E-state index in [9.17, 15) is 0 Å². The van der Waals surface area contributed by atoms with Crippen LogP contribution in [0.15, 0.2) is 0 Å². The fourth-order valence-electron chi connectivity index (χ4n) is 1.56. The van der Waals surface area contributed by atoms with Crippen molar-refractivity contribution in [3.63, 3.8) is 0 Å². The second kappa shape index (κ2) is 9.27. The summed E-state index contributed by atoms with van der Waals surface area (Å²) >= 11 is 0. The van der Waals surface area contributed by atoms with E-state index in [4.69, 9.17) is 15.3 Å². The molecule has 0 saturated carbocycles. The van der Waals surface area contributed by atoms with E-state index in [0.717, 1.165) is 26.1 Å². The third-order valence-electron chi connectivity index (χ3n) is 2.59. The molecule has 0 saturated heterocycles. The number of ether oxygens (including phenoxy) is 2. The average molecular weight is 284 g/mol. The molecule has 8 nitrogen and oxygen atoms in total. The average Bonchev–Trinajstić information content (AvgIpc) is 2.48. The number of nitrogens with one attached hydrogen (secondary N) is 1. The number of nitrogens with two attached hydrogens (primary N) is 1. The molecule has 0 atom stereocenters. The minimum Gasteiger partial charge on any atom is -0.461 e. The first-order valence-electron chi connectivity index (χ1n) is 6.93. The van der Waals surface area contributed by atoms with Crippen molar-refractivity contribution < 1.29 is 9.47 Å². The predicted molar refractivity (Wildman–Crippen MR) is 77.8 cm³/mol. The second-order valence-electron chi connectivity index (χ2n) is 4.02. The minimum atomic E-state index is 0.245. The first-order chi connectivity index (χ1) is 9.74. The lowest BCUT2D eigenvalue weighted by Crippen LogP contribution is -2.26. The molecule has 1 aromatic rings. The molecule has 1 heterocycles. The summed E-state index contributed by atoms with van der Waals surface area (Å²) < 4.78 is 10.8. The monoisotopic (exact) mass is 284 g/mol. The maximum atomic E-state index is 5.47. The summed E-state index contributed by atoms with van der Waals surface area (Å²) in [4.78, 5) is 14.5. The predicted octanol–water partition coefficient (Wildman–Crippen LogP) is 0.809. The Morgan fingerprint density at radius 1 is 1.05 bits per heavy atom. The molecule has 0 aromatic carbocycles. The highest BCUT2D eigenvalue weighted by Crippen LogP contribution is 2.14. The lowest BCUT2D eigenvalue weighted by atomic mass is 10.5. The van der Waals surface area contributed by atoms with Crippen LogP contribution >= 0.6 is 0 Å². The van der Waals surface area contributed by atoms with E-state index in [1.165, 1.54) is 0 Å². The van der Waals surface area contributed by atoms with Crippen LogP contribution in [-0.2, 0) is 4.74 Å². The molecule has 0 unspecified atom stereocenters. The summed E-state index contributed by atoms with van der Waals surface area (Å²) in [7, 11) is 0. The molecule has 114 valence electrons. The van der Waals surface area contributed by atoms with E-state index in [1.54, 1.807) is 0 Å². The molecule has 0 radical (unpaired) electrons. The molecule has 1 aromatic heterocycles. The van der Waals surface area contributed by atoms with Crippen LogP contribution in [0.2, 0.25) is 0 Å². The molecule has 3 N–H and O–H groups in total. The number of hydrazine groups is 1. The third kappa shape index (κ3) is 5.14. The number of hydrogen-bond acceptors (Lipinski definition) is 8. The molecule has 0 aliphatic rings. The van der Waals surface area contributed by atoms with Gasteiger partial charge in [0.15, 0.2) is 0 Å². The number of nitrogens with zero attached hydrogens (tertiary/aromatic N) is 4. The number of hydrogen-bond donors (Lipinski definition) is 2. The van der Waals surface area contributed by atoms with Crippen LogP contribution in [-0.4, -0.2) is 47.9 Å². The number of anilines is 2. The Balaban J connectivity index is 2.67. The number of rotatable bonds is 10. The summed E-state index contributed by atoms with van der Waals surface area (Å²) in [5.74, 6) is 6.19. The molecular weight excluding hydrogens is 260 g/mol. The van der Waals surface area contributed by atoms with Crippen LogP contribution in [0.1, 0.15) is 27.2 Å². The van der Waals surface area contributed by atoms with Gasteiger partial charge in [0.05, 0.1) is 6.61 Å². The van der Waals surface area contributed by atoms with Crippen LogP contribution in [0.3, 0.4) is 0 Å². The Bertz CT molecular complexity index is 386. The van der Waals surface area contributed by atoms with Gasteiger partial charge in [-0.15, -0.1) is 0 Å². The second-order valence-corrected chi connectivity index (χ2v) is 4.02. The van der Waals surface area contributed by atoms with Gasteiger partial charge in [0, 0.05) is 19.7 Å². The van der Waals surface area contributed by atoms with Gasteiger partial charge in [-0.1, -0.05) is 6.92 Å². The summed E-state index contributed by atoms with van der Waals surface area (Å²) in [5.41, 5.74) is 2.42. The van der Waals surface area contributed by atoms with Crippen LogP contribution in [0, 0.1) is 0 Å². The Hall–Kier alpha value is -1.67. The van der Waals surface area contributed by atoms with Crippen molar-refractivity contribution in [3.8, 4) is 6.01 Å². The SMILES string of the molecule is CCCOCCOc1nc(NN)nc(N(CC)CC)n1. The quantitative estimate of drug-likeness (QED) is 0.370. The molecule has 8 heteroatoms. The molecule has 20 heavy (non-hydrogen) atoms. The van der Waals surface area contributed by atoms with Gasteiger partial charge in [-0.25, -0.2) is 5.84 Å². The lowest BCUT2D eigenvalue weighted by Gasteiger charge is -2.19. The molecule has 0 aliphatic carbocycles. The Morgan fingerprint density at radius 3 is 2.40 bits per heavy atom. The molecule has 0 bridgehead atoms. The highest BCUT2D eigenvalue weighted by Gasteiger charge is 2.11. The van der Waals surface area contributed by atoms with Crippen molar-refractivity contribution in [2.75, 3.05) is 43.2 Å². The lowest BCUT2D eigenvalue weighted by molar-refractivity contribution is 0.0972. The molecule has 0 spiro atoms. The van der Waals surface area contributed by atoms with Crippen LogP contribution in [0.25, 0.3) is 0 Å². The molecule has 0 amide bonds. The highest BCUT2D eigenvalue weighted by atomic mass is 16.5. The number of aromatic nitrogens is 3. The summed E-state index contributed by atoms with van der Waals surface area (Å²) in [5, 5.41) is 0. The van der Waals surface area contributed by atoms with Gasteiger partial charge in [-0.3, -0.25) is 5.43 Å². The zero-order valence-corrected chi connectivity index (χ0v) is 12.4. The van der Waals surface area contributed by atoms with Crippen molar-refractivity contribution in [2.45, 2.75) is 27.2 Å². The summed E-state index contributed by atoms with van der Waals surface area (Å²) in [6.45, 7) is 9.33. The van der Waals surface area contributed by atoms with Crippen molar-refractivity contribution >= 4 is 11.9 Å². The van der Waals surface area contributed by atoms with Gasteiger partial charge < -0.3 is 14.4 Å². The topological polar surface area (TPSA) is 98.4 Å². The Labute approximate surface area is 119 Å². The van der Waals surface area contributed by atoms with E-state index in [2.05, 4.69) is 27.3 Å². The van der Waals surface area contributed by atoms with Gasteiger partial charge in [0.25, 0.3) is 0 Å². The zero-order chi connectivity index (χ0) is 14.8. The van der Waals surface area contributed by atoms with Gasteiger partial charge in [-0.05, 0) is 20.3 Å². The first kappa shape index (κ1) is 16.4. The molecule has 0 aliphatic heterocycles. The van der Waals surface area contributed by atoms with Gasteiger partial charge >= 0.3 is 6.01 Å². The molecule has 0 fully saturated rings. The van der Waals surface area contributed by atoms with E-state index in [-0.39, 0.29) is 12.0 Å². The van der Waals surface area contributed by atoms with Crippen molar-refractivity contribution in [1.82, 2.24) is 15.0 Å². The third-order valence-corrected chi connectivity index (χ3v) is 2.59. The van der Waals surface area contributed by atoms with E-state index >= 15 is 0 Å². The molecule has 1 rings (SSSR count). The summed E-state index contributed by atoms with van der Waals surface area (Å²) in [6.07, 6.45) is 0.985. The van der Waals surface area contributed by atoms with Crippen molar-refractivity contribution in [3.05, 3.63) is 0 Å². The minimum absolute atomic E-state index is 0.245. The fourth-order valence-corrected chi connectivity index (χ4v) is 1.56. The Morgan fingerprint density at radius 2 is 1.80 bits per heavy atom. The first-order valence-corrected chi connectivity index (χ1v) is 6.93. The maximum Gasteiger partial charge on any atom is 0.323 e.